The minimum absolute atomic E-state index is 0.161. The Balaban J connectivity index is 2.32. The second-order valence-electron chi connectivity index (χ2n) is 2.67. The molecule has 0 fully saturated rings. The molecule has 2 aromatic heterocycles. The van der Waals surface area contributed by atoms with Gasteiger partial charge in [0, 0.05) is 7.05 Å². The van der Waals surface area contributed by atoms with Gasteiger partial charge in [0.15, 0.2) is 5.16 Å². The standard InChI is InChI=1S/C7H7ClN6S/c1-14-7(11-3-12-14)15-5-4(9)2-10-6(8)13-5/h2-3H,9H2,1H3. The van der Waals surface area contributed by atoms with Crippen molar-refractivity contribution >= 4 is 29.1 Å². The summed E-state index contributed by atoms with van der Waals surface area (Å²) in [7, 11) is 1.79. The van der Waals surface area contributed by atoms with E-state index in [2.05, 4.69) is 20.1 Å². The van der Waals surface area contributed by atoms with Gasteiger partial charge in [0.2, 0.25) is 5.28 Å². The molecule has 2 aromatic rings. The molecule has 2 rings (SSSR count). The minimum Gasteiger partial charge on any atom is -0.395 e. The number of nitrogens with two attached hydrogens (primary N) is 1. The average molecular weight is 243 g/mol. The van der Waals surface area contributed by atoms with Gasteiger partial charge in [-0.1, -0.05) is 0 Å². The van der Waals surface area contributed by atoms with E-state index in [1.54, 1.807) is 11.7 Å². The fourth-order valence-corrected chi connectivity index (χ4v) is 1.84. The van der Waals surface area contributed by atoms with E-state index in [1.807, 2.05) is 0 Å². The third-order valence-corrected chi connectivity index (χ3v) is 2.86. The van der Waals surface area contributed by atoms with Crippen LogP contribution in [0.2, 0.25) is 5.28 Å². The predicted molar refractivity (Wildman–Crippen MR) is 56.6 cm³/mol. The van der Waals surface area contributed by atoms with E-state index in [0.717, 1.165) is 0 Å². The Bertz CT molecular complexity index is 484. The molecule has 2 heterocycles. The second kappa shape index (κ2) is 4.03. The molecule has 0 aliphatic rings. The zero-order valence-electron chi connectivity index (χ0n) is 7.75. The SMILES string of the molecule is Cn1ncnc1Sc1nc(Cl)ncc1N. The van der Waals surface area contributed by atoms with Crippen LogP contribution in [0.25, 0.3) is 0 Å². The zero-order valence-corrected chi connectivity index (χ0v) is 9.33. The average Bonchev–Trinajstić information content (AvgIpc) is 2.58. The Hall–Kier alpha value is -1.34. The summed E-state index contributed by atoms with van der Waals surface area (Å²) >= 11 is 6.95. The molecule has 0 radical (unpaired) electrons. The van der Waals surface area contributed by atoms with E-state index in [0.29, 0.717) is 15.9 Å². The maximum Gasteiger partial charge on any atom is 0.223 e. The molecule has 0 aliphatic carbocycles. The normalized spacial score (nSPS) is 10.5. The van der Waals surface area contributed by atoms with Crippen molar-refractivity contribution in [3.63, 3.8) is 0 Å². The number of aryl methyl sites for hydroxylation is 1. The van der Waals surface area contributed by atoms with Crippen LogP contribution in [0.1, 0.15) is 0 Å². The number of hydrogen-bond donors (Lipinski definition) is 1. The second-order valence-corrected chi connectivity index (χ2v) is 3.96. The fraction of sp³-hybridized carbons (Fsp3) is 0.143. The maximum atomic E-state index is 5.69. The van der Waals surface area contributed by atoms with Gasteiger partial charge in [-0.15, -0.1) is 0 Å². The molecule has 0 spiro atoms. The lowest BCUT2D eigenvalue weighted by molar-refractivity contribution is 0.684. The number of nitrogens with zero attached hydrogens (tertiary/aromatic N) is 5. The Morgan fingerprint density at radius 3 is 2.93 bits per heavy atom. The Labute approximate surface area is 94.9 Å². The van der Waals surface area contributed by atoms with Gasteiger partial charge in [-0.2, -0.15) is 5.10 Å². The molecule has 0 amide bonds. The minimum atomic E-state index is 0.161. The Kier molecular flexibility index (Phi) is 2.74. The van der Waals surface area contributed by atoms with Crippen LogP contribution in [0.4, 0.5) is 5.69 Å². The Morgan fingerprint density at radius 1 is 1.47 bits per heavy atom. The molecule has 0 bridgehead atoms. The van der Waals surface area contributed by atoms with E-state index in [-0.39, 0.29) is 5.28 Å². The maximum absolute atomic E-state index is 5.69. The van der Waals surface area contributed by atoms with Crippen LogP contribution in [0.5, 0.6) is 0 Å². The van der Waals surface area contributed by atoms with Crippen LogP contribution in [0.15, 0.2) is 22.7 Å². The Morgan fingerprint density at radius 2 is 2.27 bits per heavy atom. The third kappa shape index (κ3) is 2.18. The summed E-state index contributed by atoms with van der Waals surface area (Å²) in [5, 5.41) is 5.36. The van der Waals surface area contributed by atoms with Gasteiger partial charge in [-0.25, -0.2) is 19.6 Å². The van der Waals surface area contributed by atoms with Crippen LogP contribution in [0, 0.1) is 0 Å². The molecule has 0 aliphatic heterocycles. The molecular weight excluding hydrogens is 236 g/mol. The molecule has 15 heavy (non-hydrogen) atoms. The summed E-state index contributed by atoms with van der Waals surface area (Å²) in [4.78, 5) is 11.8. The van der Waals surface area contributed by atoms with Gasteiger partial charge in [0.25, 0.3) is 0 Å². The van der Waals surface area contributed by atoms with Gasteiger partial charge in [-0.05, 0) is 23.4 Å². The topological polar surface area (TPSA) is 82.5 Å². The summed E-state index contributed by atoms with van der Waals surface area (Å²) in [6.07, 6.45) is 2.93. The molecule has 0 atom stereocenters. The van der Waals surface area contributed by atoms with Crippen molar-refractivity contribution in [2.75, 3.05) is 5.73 Å². The molecule has 0 aromatic carbocycles. The smallest absolute Gasteiger partial charge is 0.223 e. The molecule has 2 N–H and O–H groups in total. The summed E-state index contributed by atoms with van der Waals surface area (Å²) in [6.45, 7) is 0. The first-order valence-electron chi connectivity index (χ1n) is 3.96. The monoisotopic (exact) mass is 242 g/mol. The number of rotatable bonds is 2. The highest BCUT2D eigenvalue weighted by Crippen LogP contribution is 2.28. The summed E-state index contributed by atoms with van der Waals surface area (Å²) < 4.78 is 1.63. The number of halogens is 1. The van der Waals surface area contributed by atoms with Crippen molar-refractivity contribution in [1.82, 2.24) is 24.7 Å². The number of anilines is 1. The van der Waals surface area contributed by atoms with Crippen LogP contribution < -0.4 is 5.73 Å². The largest absolute Gasteiger partial charge is 0.395 e. The zero-order chi connectivity index (χ0) is 10.8. The lowest BCUT2D eigenvalue weighted by Crippen LogP contribution is -1.97. The van der Waals surface area contributed by atoms with E-state index in [9.17, 15) is 0 Å². The highest BCUT2D eigenvalue weighted by molar-refractivity contribution is 7.99. The van der Waals surface area contributed by atoms with Crippen LogP contribution in [-0.4, -0.2) is 24.7 Å². The van der Waals surface area contributed by atoms with E-state index >= 15 is 0 Å². The first kappa shape index (κ1) is 10.2. The summed E-state index contributed by atoms with van der Waals surface area (Å²) in [6, 6.07) is 0. The van der Waals surface area contributed by atoms with Gasteiger partial charge in [0.1, 0.15) is 11.4 Å². The number of aromatic nitrogens is 5. The van der Waals surface area contributed by atoms with E-state index < -0.39 is 0 Å². The number of nitrogen functional groups attached to an aromatic ring is 1. The van der Waals surface area contributed by atoms with Crippen LogP contribution in [0.3, 0.4) is 0 Å². The predicted octanol–water partition coefficient (Wildman–Crippen LogP) is 0.992. The van der Waals surface area contributed by atoms with E-state index in [4.69, 9.17) is 17.3 Å². The first-order chi connectivity index (χ1) is 7.16. The van der Waals surface area contributed by atoms with Gasteiger partial charge in [0.05, 0.1) is 11.9 Å². The van der Waals surface area contributed by atoms with Crippen molar-refractivity contribution in [2.24, 2.45) is 7.05 Å². The molecular formula is C7H7ClN6S. The van der Waals surface area contributed by atoms with E-state index in [1.165, 1.54) is 24.3 Å². The molecule has 0 saturated heterocycles. The van der Waals surface area contributed by atoms with Crippen molar-refractivity contribution in [3.8, 4) is 0 Å². The summed E-state index contributed by atoms with van der Waals surface area (Å²) in [5.74, 6) is 0. The molecule has 0 unspecified atom stereocenters. The highest BCUT2D eigenvalue weighted by atomic mass is 35.5. The van der Waals surface area contributed by atoms with Gasteiger partial charge in [-0.3, -0.25) is 0 Å². The lowest BCUT2D eigenvalue weighted by Gasteiger charge is -2.02. The molecule has 8 heteroatoms. The van der Waals surface area contributed by atoms with Gasteiger partial charge < -0.3 is 5.73 Å². The van der Waals surface area contributed by atoms with Crippen molar-refractivity contribution in [3.05, 3.63) is 17.8 Å². The van der Waals surface area contributed by atoms with Crippen molar-refractivity contribution in [1.29, 1.82) is 0 Å². The van der Waals surface area contributed by atoms with Crippen molar-refractivity contribution in [2.45, 2.75) is 10.2 Å². The number of hydrogen-bond acceptors (Lipinski definition) is 6. The van der Waals surface area contributed by atoms with Crippen LogP contribution >= 0.6 is 23.4 Å². The fourth-order valence-electron chi connectivity index (χ4n) is 0.901. The molecule has 6 nitrogen and oxygen atoms in total. The van der Waals surface area contributed by atoms with Gasteiger partial charge >= 0.3 is 0 Å². The summed E-state index contributed by atoms with van der Waals surface area (Å²) in [5.41, 5.74) is 6.16. The third-order valence-electron chi connectivity index (χ3n) is 1.61. The van der Waals surface area contributed by atoms with Crippen LogP contribution in [-0.2, 0) is 7.05 Å². The first-order valence-corrected chi connectivity index (χ1v) is 5.16. The molecule has 0 saturated carbocycles. The molecule has 78 valence electrons. The van der Waals surface area contributed by atoms with Crippen molar-refractivity contribution < 1.29 is 0 Å². The quantitative estimate of drug-likeness (QED) is 0.625. The lowest BCUT2D eigenvalue weighted by atomic mass is 10.6. The highest BCUT2D eigenvalue weighted by Gasteiger charge is 2.09.